The first kappa shape index (κ1) is 12.7. The molecule has 0 unspecified atom stereocenters. The lowest BCUT2D eigenvalue weighted by Crippen LogP contribution is -2.48. The van der Waals surface area contributed by atoms with Gasteiger partial charge in [0.15, 0.2) is 0 Å². The zero-order valence-corrected chi connectivity index (χ0v) is 9.65. The Labute approximate surface area is 106 Å². The number of carbonyl (C=O) groups excluding carboxylic acids is 3. The van der Waals surface area contributed by atoms with Crippen molar-refractivity contribution in [3.63, 3.8) is 0 Å². The van der Waals surface area contributed by atoms with Gasteiger partial charge in [0.1, 0.15) is 5.56 Å². The van der Waals surface area contributed by atoms with Crippen LogP contribution in [0.2, 0.25) is 0 Å². The van der Waals surface area contributed by atoms with Gasteiger partial charge in [0.25, 0.3) is 17.5 Å². The summed E-state index contributed by atoms with van der Waals surface area (Å²) in [6, 6.07) is 2.09. The number of carbonyl (C=O) groups is 3. The fourth-order valence-electron chi connectivity index (χ4n) is 1.89. The number of amides is 2. The van der Waals surface area contributed by atoms with Crippen molar-refractivity contribution < 1.29 is 24.4 Å². The molecule has 0 saturated carbocycles. The molecule has 8 nitrogen and oxygen atoms in total. The fraction of sp³-hybridized carbons (Fsp3) is 0.182. The van der Waals surface area contributed by atoms with Crippen molar-refractivity contribution in [1.82, 2.24) is 4.90 Å². The smallest absolute Gasteiger partial charge is 0.282 e. The number of imide groups is 1. The van der Waals surface area contributed by atoms with Gasteiger partial charge in [0, 0.05) is 6.07 Å². The van der Waals surface area contributed by atoms with Crippen LogP contribution in [-0.2, 0) is 4.79 Å². The van der Waals surface area contributed by atoms with Crippen molar-refractivity contribution in [2.24, 2.45) is 0 Å². The number of rotatable bonds is 3. The minimum absolute atomic E-state index is 0.174. The average molecular weight is 263 g/mol. The maximum atomic E-state index is 12.0. The van der Waals surface area contributed by atoms with Crippen molar-refractivity contribution >= 4 is 23.5 Å². The number of hydrogen-bond donors (Lipinski definition) is 0. The number of benzene rings is 1. The number of hydrogen-bond acceptors (Lipinski definition) is 6. The third-order valence-corrected chi connectivity index (χ3v) is 2.85. The molecule has 98 valence electrons. The van der Waals surface area contributed by atoms with E-state index in [1.807, 2.05) is 0 Å². The van der Waals surface area contributed by atoms with Gasteiger partial charge in [0.2, 0.25) is 0 Å². The van der Waals surface area contributed by atoms with E-state index in [0.717, 1.165) is 13.0 Å². The molecular formula is C11H7N2O6-. The van der Waals surface area contributed by atoms with Crippen LogP contribution in [0.3, 0.4) is 0 Å². The van der Waals surface area contributed by atoms with Crippen molar-refractivity contribution in [2.75, 3.05) is 0 Å². The van der Waals surface area contributed by atoms with Crippen LogP contribution in [0.1, 0.15) is 27.6 Å². The highest BCUT2D eigenvalue weighted by atomic mass is 16.6. The lowest BCUT2D eigenvalue weighted by atomic mass is 10.1. The quantitative estimate of drug-likeness (QED) is 0.405. The number of nitrogens with zero attached hydrogens (tertiary/aromatic N) is 2. The number of nitro benzene ring substituents is 1. The lowest BCUT2D eigenvalue weighted by Gasteiger charge is -2.22. The van der Waals surface area contributed by atoms with Gasteiger partial charge >= 0.3 is 0 Å². The molecule has 2 amide bonds. The van der Waals surface area contributed by atoms with Crippen LogP contribution in [0.5, 0.6) is 0 Å². The van der Waals surface area contributed by atoms with E-state index in [1.165, 1.54) is 12.1 Å². The summed E-state index contributed by atoms with van der Waals surface area (Å²) in [7, 11) is 0. The van der Waals surface area contributed by atoms with Crippen LogP contribution >= 0.6 is 0 Å². The summed E-state index contributed by atoms with van der Waals surface area (Å²) < 4.78 is 0. The molecule has 19 heavy (non-hydrogen) atoms. The minimum atomic E-state index is -1.61. The number of carboxylic acid groups (broad SMARTS) is 1. The van der Waals surface area contributed by atoms with Crippen LogP contribution < -0.4 is 5.11 Å². The molecule has 0 aromatic heterocycles. The van der Waals surface area contributed by atoms with Crippen LogP contribution in [0.15, 0.2) is 18.2 Å². The third-order valence-electron chi connectivity index (χ3n) is 2.85. The molecule has 1 aromatic carbocycles. The summed E-state index contributed by atoms with van der Waals surface area (Å²) in [5, 5.41) is 21.6. The lowest BCUT2D eigenvalue weighted by molar-refractivity contribution is -0.385. The Hall–Kier alpha value is -2.77. The Bertz CT molecular complexity index is 624. The number of aliphatic carboxylic acids is 1. The third kappa shape index (κ3) is 1.73. The fourth-order valence-corrected chi connectivity index (χ4v) is 1.89. The molecule has 2 rings (SSSR count). The second-order valence-electron chi connectivity index (χ2n) is 3.93. The van der Waals surface area contributed by atoms with E-state index in [9.17, 15) is 29.6 Å². The van der Waals surface area contributed by atoms with Crippen LogP contribution in [0.4, 0.5) is 5.69 Å². The molecule has 1 aromatic rings. The Morgan fingerprint density at radius 1 is 1.32 bits per heavy atom. The van der Waals surface area contributed by atoms with Crippen LogP contribution in [-0.4, -0.2) is 33.6 Å². The van der Waals surface area contributed by atoms with E-state index in [-0.39, 0.29) is 11.1 Å². The van der Waals surface area contributed by atoms with Gasteiger partial charge in [-0.25, -0.2) is 0 Å². The van der Waals surface area contributed by atoms with Crippen molar-refractivity contribution in [3.05, 3.63) is 39.4 Å². The summed E-state index contributed by atoms with van der Waals surface area (Å²) in [6.45, 7) is 1.10. The first-order chi connectivity index (χ1) is 8.86. The first-order valence-corrected chi connectivity index (χ1v) is 5.22. The summed E-state index contributed by atoms with van der Waals surface area (Å²) in [5.41, 5.74) is -1.08. The molecule has 0 N–H and O–H groups in total. The first-order valence-electron chi connectivity index (χ1n) is 5.22. The molecule has 1 aliphatic heterocycles. The zero-order valence-electron chi connectivity index (χ0n) is 9.65. The molecule has 0 saturated heterocycles. The van der Waals surface area contributed by atoms with Gasteiger partial charge < -0.3 is 9.90 Å². The van der Waals surface area contributed by atoms with Gasteiger partial charge in [-0.05, 0) is 13.0 Å². The van der Waals surface area contributed by atoms with Crippen molar-refractivity contribution in [1.29, 1.82) is 0 Å². The Balaban J connectivity index is 2.59. The maximum Gasteiger partial charge on any atom is 0.282 e. The van der Waals surface area contributed by atoms with E-state index in [1.54, 1.807) is 0 Å². The molecular weight excluding hydrogens is 256 g/mol. The average Bonchev–Trinajstić information content (AvgIpc) is 2.61. The Kier molecular flexibility index (Phi) is 2.78. The van der Waals surface area contributed by atoms with Crippen molar-refractivity contribution in [3.8, 4) is 0 Å². The number of fused-ring (bicyclic) bond motifs is 1. The van der Waals surface area contributed by atoms with E-state index in [4.69, 9.17) is 0 Å². The molecule has 1 aliphatic rings. The highest BCUT2D eigenvalue weighted by Gasteiger charge is 2.43. The second-order valence-corrected chi connectivity index (χ2v) is 3.93. The molecule has 0 fully saturated rings. The van der Waals surface area contributed by atoms with E-state index >= 15 is 0 Å². The van der Waals surface area contributed by atoms with Gasteiger partial charge in [0.05, 0.1) is 22.5 Å². The maximum absolute atomic E-state index is 12.0. The predicted molar refractivity (Wildman–Crippen MR) is 58.1 cm³/mol. The summed E-state index contributed by atoms with van der Waals surface area (Å²) in [6.07, 6.45) is 0. The molecule has 1 atom stereocenters. The Morgan fingerprint density at radius 2 is 1.95 bits per heavy atom. The molecule has 0 bridgehead atoms. The standard InChI is InChI=1S/C11H8N2O6/c1-5(11(16)17)12-9(14)6-3-2-4-7(13(18)19)8(6)10(12)15/h2-5H,1H3,(H,16,17)/p-1/t5-/m1/s1. The molecule has 0 radical (unpaired) electrons. The van der Waals surface area contributed by atoms with Crippen molar-refractivity contribution in [2.45, 2.75) is 13.0 Å². The summed E-state index contributed by atoms with van der Waals surface area (Å²) >= 11 is 0. The van der Waals surface area contributed by atoms with E-state index in [0.29, 0.717) is 4.90 Å². The predicted octanol–water partition coefficient (Wildman–Crippen LogP) is -0.671. The largest absolute Gasteiger partial charge is 0.548 e. The zero-order chi connectivity index (χ0) is 14.3. The SMILES string of the molecule is C[C@H](C(=O)[O-])N1C(=O)c2cccc([N+](=O)[O-])c2C1=O. The van der Waals surface area contributed by atoms with Gasteiger partial charge in [-0.1, -0.05) is 6.07 Å². The minimum Gasteiger partial charge on any atom is -0.548 e. The number of carboxylic acids is 1. The topological polar surface area (TPSA) is 121 Å². The van der Waals surface area contributed by atoms with Crippen LogP contribution in [0, 0.1) is 10.1 Å². The molecule has 1 heterocycles. The van der Waals surface area contributed by atoms with Gasteiger partial charge in [-0.3, -0.25) is 24.6 Å². The molecule has 0 spiro atoms. The monoisotopic (exact) mass is 263 g/mol. The highest BCUT2D eigenvalue weighted by molar-refractivity contribution is 6.24. The highest BCUT2D eigenvalue weighted by Crippen LogP contribution is 2.31. The normalized spacial score (nSPS) is 15.3. The van der Waals surface area contributed by atoms with E-state index < -0.39 is 34.4 Å². The molecule has 8 heteroatoms. The van der Waals surface area contributed by atoms with Gasteiger partial charge in [-0.15, -0.1) is 0 Å². The summed E-state index contributed by atoms with van der Waals surface area (Å²) in [5.74, 6) is -3.48. The molecule has 0 aliphatic carbocycles. The second kappa shape index (κ2) is 4.16. The van der Waals surface area contributed by atoms with Gasteiger partial charge in [-0.2, -0.15) is 0 Å². The number of nitro groups is 1. The Morgan fingerprint density at radius 3 is 2.47 bits per heavy atom. The summed E-state index contributed by atoms with van der Waals surface area (Å²) in [4.78, 5) is 45.1. The van der Waals surface area contributed by atoms with E-state index in [2.05, 4.69) is 0 Å². The van der Waals surface area contributed by atoms with Crippen LogP contribution in [0.25, 0.3) is 0 Å².